The largest absolute Gasteiger partial charge is 0.463 e. The molecule has 0 spiro atoms. The first-order valence-electron chi connectivity index (χ1n) is 10.1. The van der Waals surface area contributed by atoms with Crippen LogP contribution in [0, 0.1) is 5.92 Å². The van der Waals surface area contributed by atoms with E-state index in [0.717, 1.165) is 0 Å². The molecule has 162 valence electrons. The number of carbonyl (C=O) groups excluding carboxylic acids is 3. The predicted octanol–water partition coefficient (Wildman–Crippen LogP) is 2.20. The lowest BCUT2D eigenvalue weighted by molar-refractivity contribution is -0.155. The Balaban J connectivity index is 3.03. The van der Waals surface area contributed by atoms with Crippen molar-refractivity contribution < 1.29 is 23.9 Å². The minimum atomic E-state index is -0.605. The molecular weight excluding hydrogens is 362 g/mol. The third-order valence-electron chi connectivity index (χ3n) is 4.56. The topological polar surface area (TPSA) is 111 Å². The van der Waals surface area contributed by atoms with Crippen LogP contribution in [-0.4, -0.2) is 59.2 Å². The van der Waals surface area contributed by atoms with Gasteiger partial charge in [-0.05, 0) is 67.7 Å². The van der Waals surface area contributed by atoms with Crippen LogP contribution in [0.2, 0.25) is 0 Å². The summed E-state index contributed by atoms with van der Waals surface area (Å²) < 4.78 is 11.0. The van der Waals surface area contributed by atoms with Crippen molar-refractivity contribution in [2.24, 2.45) is 11.7 Å². The number of esters is 1. The quantitative estimate of drug-likeness (QED) is 0.663. The summed E-state index contributed by atoms with van der Waals surface area (Å²) in [5.41, 5.74) is 4.80. The minimum Gasteiger partial charge on any atom is -0.463 e. The second kappa shape index (κ2) is 10.1. The van der Waals surface area contributed by atoms with Crippen molar-refractivity contribution in [2.75, 3.05) is 6.54 Å². The Bertz CT molecular complexity index is 557. The van der Waals surface area contributed by atoms with Gasteiger partial charge in [0.1, 0.15) is 5.60 Å². The van der Waals surface area contributed by atoms with E-state index >= 15 is 0 Å². The Hall–Kier alpha value is -1.83. The smallest absolute Gasteiger partial charge is 0.410 e. The van der Waals surface area contributed by atoms with Crippen molar-refractivity contribution >= 4 is 18.0 Å². The molecule has 0 radical (unpaired) electrons. The zero-order valence-corrected chi connectivity index (χ0v) is 18.3. The van der Waals surface area contributed by atoms with Gasteiger partial charge in [0.05, 0.1) is 18.6 Å². The minimum absolute atomic E-state index is 0.0863. The first-order valence-corrected chi connectivity index (χ1v) is 10.1. The maximum Gasteiger partial charge on any atom is 0.410 e. The number of carbonyl (C=O) groups is 3. The highest BCUT2D eigenvalue weighted by atomic mass is 16.6. The van der Waals surface area contributed by atoms with Crippen LogP contribution >= 0.6 is 0 Å². The average molecular weight is 400 g/mol. The van der Waals surface area contributed by atoms with Gasteiger partial charge in [0.25, 0.3) is 0 Å². The Kier molecular flexibility index (Phi) is 8.73. The third-order valence-corrected chi connectivity index (χ3v) is 4.56. The van der Waals surface area contributed by atoms with Crippen LogP contribution in [0.1, 0.15) is 67.7 Å². The SMILES string of the molecule is CC(C)OC(=O)[C@@H]1C[C@H](N(C(=O)OC(C)(C)C)C(C)C)CC[C@@H]1NC(=O)CN. The zero-order chi connectivity index (χ0) is 21.6. The molecule has 8 nitrogen and oxygen atoms in total. The van der Waals surface area contributed by atoms with Gasteiger partial charge in [0.2, 0.25) is 5.91 Å². The fourth-order valence-corrected chi connectivity index (χ4v) is 3.52. The van der Waals surface area contributed by atoms with Crippen molar-refractivity contribution in [2.45, 2.75) is 97.6 Å². The van der Waals surface area contributed by atoms with E-state index in [1.54, 1.807) is 18.7 Å². The van der Waals surface area contributed by atoms with Crippen molar-refractivity contribution in [1.82, 2.24) is 10.2 Å². The summed E-state index contributed by atoms with van der Waals surface area (Å²) in [6.07, 6.45) is 0.954. The second-order valence-electron chi connectivity index (χ2n) is 8.92. The lowest BCUT2D eigenvalue weighted by atomic mass is 9.80. The van der Waals surface area contributed by atoms with Crippen LogP contribution in [-0.2, 0) is 19.1 Å². The normalized spacial score (nSPS) is 22.7. The van der Waals surface area contributed by atoms with E-state index in [-0.39, 0.29) is 42.7 Å². The number of hydrogen-bond acceptors (Lipinski definition) is 6. The highest BCUT2D eigenvalue weighted by Crippen LogP contribution is 2.31. The highest BCUT2D eigenvalue weighted by molar-refractivity contribution is 5.80. The Morgan fingerprint density at radius 3 is 2.21 bits per heavy atom. The summed E-state index contributed by atoms with van der Waals surface area (Å²) in [7, 11) is 0. The van der Waals surface area contributed by atoms with Gasteiger partial charge in [0.15, 0.2) is 0 Å². The lowest BCUT2D eigenvalue weighted by Crippen LogP contribution is -2.55. The molecule has 1 aliphatic carbocycles. The maximum atomic E-state index is 12.8. The van der Waals surface area contributed by atoms with E-state index in [1.165, 1.54) is 0 Å². The number of hydrogen-bond donors (Lipinski definition) is 2. The van der Waals surface area contributed by atoms with Crippen molar-refractivity contribution in [1.29, 1.82) is 0 Å². The Labute approximate surface area is 168 Å². The fourth-order valence-electron chi connectivity index (χ4n) is 3.52. The summed E-state index contributed by atoms with van der Waals surface area (Å²) in [5.74, 6) is -1.21. The molecule has 3 atom stereocenters. The van der Waals surface area contributed by atoms with Crippen LogP contribution in [0.5, 0.6) is 0 Å². The highest BCUT2D eigenvalue weighted by Gasteiger charge is 2.42. The van der Waals surface area contributed by atoms with Crippen LogP contribution in [0.3, 0.4) is 0 Å². The van der Waals surface area contributed by atoms with Crippen molar-refractivity contribution in [3.05, 3.63) is 0 Å². The predicted molar refractivity (Wildman–Crippen MR) is 107 cm³/mol. The molecule has 0 bridgehead atoms. The molecule has 2 amide bonds. The molecule has 0 aromatic rings. The average Bonchev–Trinajstić information content (AvgIpc) is 2.53. The molecule has 1 fully saturated rings. The number of amides is 2. The van der Waals surface area contributed by atoms with Crippen LogP contribution in [0.25, 0.3) is 0 Å². The summed E-state index contributed by atoms with van der Waals surface area (Å²) in [6.45, 7) is 12.8. The first kappa shape index (κ1) is 24.2. The van der Waals surface area contributed by atoms with Gasteiger partial charge in [-0.2, -0.15) is 0 Å². The first-order chi connectivity index (χ1) is 12.9. The maximum absolute atomic E-state index is 12.8. The van der Waals surface area contributed by atoms with Crippen LogP contribution in [0.15, 0.2) is 0 Å². The van der Waals surface area contributed by atoms with Gasteiger partial charge in [-0.3, -0.25) is 9.59 Å². The number of ether oxygens (including phenoxy) is 2. The standard InChI is InChI=1S/C20H37N3O5/c1-12(2)23(19(26)28-20(5,6)7)14-8-9-16(22-17(24)11-21)15(10-14)18(25)27-13(3)4/h12-16H,8-11,21H2,1-7H3,(H,22,24)/t14-,15-,16+/m1/s1. The second-order valence-corrected chi connectivity index (χ2v) is 8.92. The molecule has 0 aliphatic heterocycles. The Morgan fingerprint density at radius 2 is 1.75 bits per heavy atom. The summed E-state index contributed by atoms with van der Waals surface area (Å²) in [6, 6.07) is -0.617. The molecule has 0 unspecified atom stereocenters. The van der Waals surface area contributed by atoms with E-state index in [4.69, 9.17) is 15.2 Å². The Morgan fingerprint density at radius 1 is 1.14 bits per heavy atom. The molecule has 1 saturated carbocycles. The summed E-state index contributed by atoms with van der Waals surface area (Å²) >= 11 is 0. The molecule has 0 heterocycles. The number of nitrogens with two attached hydrogens (primary N) is 1. The fraction of sp³-hybridized carbons (Fsp3) is 0.850. The summed E-state index contributed by atoms with van der Waals surface area (Å²) in [5, 5.41) is 2.83. The molecular formula is C20H37N3O5. The van der Waals surface area contributed by atoms with E-state index in [1.807, 2.05) is 34.6 Å². The van der Waals surface area contributed by atoms with Crippen LogP contribution < -0.4 is 11.1 Å². The van der Waals surface area contributed by atoms with Gasteiger partial charge < -0.3 is 25.4 Å². The monoisotopic (exact) mass is 399 g/mol. The van der Waals surface area contributed by atoms with Gasteiger partial charge in [-0.15, -0.1) is 0 Å². The molecule has 3 N–H and O–H groups in total. The third kappa shape index (κ3) is 7.30. The van der Waals surface area contributed by atoms with E-state index < -0.39 is 17.6 Å². The van der Waals surface area contributed by atoms with Crippen LogP contribution in [0.4, 0.5) is 4.79 Å². The van der Waals surface area contributed by atoms with E-state index in [9.17, 15) is 14.4 Å². The van der Waals surface area contributed by atoms with E-state index in [0.29, 0.717) is 19.3 Å². The lowest BCUT2D eigenvalue weighted by Gasteiger charge is -2.42. The van der Waals surface area contributed by atoms with Gasteiger partial charge in [0, 0.05) is 18.1 Å². The summed E-state index contributed by atoms with van der Waals surface area (Å²) in [4.78, 5) is 38.9. The van der Waals surface area contributed by atoms with Gasteiger partial charge in [-0.1, -0.05) is 0 Å². The van der Waals surface area contributed by atoms with Crippen molar-refractivity contribution in [3.63, 3.8) is 0 Å². The van der Waals surface area contributed by atoms with Gasteiger partial charge in [-0.25, -0.2) is 4.79 Å². The molecule has 0 aromatic carbocycles. The molecule has 1 rings (SSSR count). The van der Waals surface area contributed by atoms with E-state index in [2.05, 4.69) is 5.32 Å². The van der Waals surface area contributed by atoms with Crippen molar-refractivity contribution in [3.8, 4) is 0 Å². The van der Waals surface area contributed by atoms with Gasteiger partial charge >= 0.3 is 12.1 Å². The molecule has 0 saturated heterocycles. The number of nitrogens with one attached hydrogen (secondary N) is 1. The number of rotatable bonds is 6. The molecule has 8 heteroatoms. The molecule has 0 aromatic heterocycles. The molecule has 1 aliphatic rings. The number of nitrogens with zero attached hydrogens (tertiary/aromatic N) is 1. The zero-order valence-electron chi connectivity index (χ0n) is 18.3. The molecule has 28 heavy (non-hydrogen) atoms.